The van der Waals surface area contributed by atoms with Gasteiger partial charge in [0, 0.05) is 43.3 Å². The van der Waals surface area contributed by atoms with Crippen molar-refractivity contribution in [2.24, 2.45) is 0 Å². The highest BCUT2D eigenvalue weighted by molar-refractivity contribution is 6.29. The summed E-state index contributed by atoms with van der Waals surface area (Å²) >= 11 is 5.73. The van der Waals surface area contributed by atoms with Crippen molar-refractivity contribution >= 4 is 52.5 Å². The molecule has 314 valence electrons. The zero-order valence-electron chi connectivity index (χ0n) is 35.7. The molecule has 0 aliphatic heterocycles. The van der Waals surface area contributed by atoms with Crippen LogP contribution < -0.4 is 24.8 Å². The summed E-state index contributed by atoms with van der Waals surface area (Å²) in [5.74, 6) is 2.12. The largest absolute Gasteiger partial charge is 0.427 e. The second-order valence-corrected chi connectivity index (χ2v) is 15.8. The van der Waals surface area contributed by atoms with Gasteiger partial charge in [-0.25, -0.2) is 0 Å². The van der Waals surface area contributed by atoms with E-state index in [1.807, 2.05) is 56.3 Å². The van der Waals surface area contributed by atoms with E-state index in [9.17, 15) is 14.4 Å². The van der Waals surface area contributed by atoms with Gasteiger partial charge in [-0.15, -0.1) is 15.3 Å². The van der Waals surface area contributed by atoms with E-state index in [1.54, 1.807) is 36.4 Å². The molecule has 0 bridgehead atoms. The molecule has 5 rings (SSSR count). The van der Waals surface area contributed by atoms with Crippen molar-refractivity contribution in [2.75, 3.05) is 10.6 Å². The third kappa shape index (κ3) is 15.4. The highest BCUT2D eigenvalue weighted by atomic mass is 35.5. The van der Waals surface area contributed by atoms with E-state index in [4.69, 9.17) is 30.9 Å². The lowest BCUT2D eigenvalue weighted by molar-refractivity contribution is -0.133. The second-order valence-electron chi connectivity index (χ2n) is 15.4. The van der Waals surface area contributed by atoms with E-state index in [2.05, 4.69) is 72.6 Å². The van der Waals surface area contributed by atoms with Crippen LogP contribution in [0.1, 0.15) is 104 Å². The number of rotatable bonds is 10. The first kappa shape index (κ1) is 47.5. The molecule has 14 heteroatoms. The van der Waals surface area contributed by atoms with Crippen LogP contribution in [0.3, 0.4) is 0 Å². The molecule has 3 aromatic carbocycles. The van der Waals surface area contributed by atoms with Crippen molar-refractivity contribution in [1.29, 1.82) is 0 Å². The molecule has 0 amide bonds. The van der Waals surface area contributed by atoms with Gasteiger partial charge in [0.05, 0.1) is 12.3 Å². The van der Waals surface area contributed by atoms with E-state index >= 15 is 0 Å². The topological polar surface area (TPSA) is 175 Å². The summed E-state index contributed by atoms with van der Waals surface area (Å²) in [6, 6.07) is 23.8. The molecule has 0 atom stereocenters. The molecule has 0 aliphatic carbocycles. The minimum Gasteiger partial charge on any atom is -0.427 e. The van der Waals surface area contributed by atoms with E-state index in [0.29, 0.717) is 39.7 Å². The maximum absolute atomic E-state index is 11.7. The number of para-hydroxylation sites is 1. The summed E-state index contributed by atoms with van der Waals surface area (Å²) in [6.07, 6.45) is 1.52. The molecule has 2 heterocycles. The fourth-order valence-electron chi connectivity index (χ4n) is 5.54. The van der Waals surface area contributed by atoms with Gasteiger partial charge in [0.2, 0.25) is 0 Å². The van der Waals surface area contributed by atoms with Crippen LogP contribution >= 0.6 is 11.6 Å². The van der Waals surface area contributed by atoms with Gasteiger partial charge in [0.15, 0.2) is 16.8 Å². The van der Waals surface area contributed by atoms with E-state index in [1.165, 1.54) is 20.8 Å². The Bertz CT molecular complexity index is 2110. The van der Waals surface area contributed by atoms with Crippen LogP contribution in [0.5, 0.6) is 17.2 Å². The second kappa shape index (κ2) is 21.7. The van der Waals surface area contributed by atoms with Crippen molar-refractivity contribution in [3.63, 3.8) is 0 Å². The molecule has 0 saturated heterocycles. The number of aryl methyl sites for hydroxylation is 2. The van der Waals surface area contributed by atoms with Crippen LogP contribution in [0.2, 0.25) is 5.15 Å². The van der Waals surface area contributed by atoms with Gasteiger partial charge in [-0.1, -0.05) is 85.2 Å². The fraction of sp³-hybridized carbons (Fsp3) is 0.356. The fourth-order valence-corrected chi connectivity index (χ4v) is 5.64. The number of aromatic nitrogens is 4. The van der Waals surface area contributed by atoms with Crippen LogP contribution in [0.4, 0.5) is 23.0 Å². The number of nitrogens with zero attached hydrogens (tertiary/aromatic N) is 4. The van der Waals surface area contributed by atoms with Crippen molar-refractivity contribution in [3.8, 4) is 17.2 Å². The molecule has 3 N–H and O–H groups in total. The molecular weight excluding hydrogens is 772 g/mol. The first-order chi connectivity index (χ1) is 27.7. The first-order valence-electron chi connectivity index (χ1n) is 19.2. The maximum atomic E-state index is 11.7. The number of aliphatic hydroxyl groups excluding tert-OH is 1. The quantitative estimate of drug-likeness (QED) is 0.0897. The Kier molecular flexibility index (Phi) is 17.5. The normalized spacial score (nSPS) is 10.9. The highest BCUT2D eigenvalue weighted by Gasteiger charge is 2.29. The lowest BCUT2D eigenvalue weighted by Crippen LogP contribution is -2.21. The highest BCUT2D eigenvalue weighted by Crippen LogP contribution is 2.42. The predicted molar refractivity (Wildman–Crippen MR) is 231 cm³/mol. The smallest absolute Gasteiger partial charge is 0.308 e. The molecule has 0 radical (unpaired) electrons. The zero-order valence-corrected chi connectivity index (χ0v) is 36.4. The lowest BCUT2D eigenvalue weighted by atomic mass is 9.79. The Morgan fingerprint density at radius 1 is 0.610 bits per heavy atom. The predicted octanol–water partition coefficient (Wildman–Crippen LogP) is 9.77. The summed E-state index contributed by atoms with van der Waals surface area (Å²) < 4.78 is 15.8. The molecule has 0 fully saturated rings. The minimum absolute atomic E-state index is 0.146. The van der Waals surface area contributed by atoms with Gasteiger partial charge in [0.25, 0.3) is 0 Å². The summed E-state index contributed by atoms with van der Waals surface area (Å²) in [5, 5.41) is 31.7. The summed E-state index contributed by atoms with van der Waals surface area (Å²) in [5.41, 5.74) is 5.59. The van der Waals surface area contributed by atoms with Gasteiger partial charge in [-0.2, -0.15) is 5.10 Å². The SMILES string of the molecule is CC(=O)Oc1c(C(C)(C)C)cc(Nc2ccc(CO)nn2)cc1C(C)(C)C.CC(=O)Oc1ccccc1.CCc1cc(Nc2ccc(Cl)nn2)cc(CC)c1OC(C)=O. The minimum atomic E-state index is -0.336. The van der Waals surface area contributed by atoms with Crippen molar-refractivity contribution in [1.82, 2.24) is 20.4 Å². The third-order valence-corrected chi connectivity index (χ3v) is 8.47. The number of anilines is 4. The van der Waals surface area contributed by atoms with Gasteiger partial charge in [-0.05, 0) is 95.5 Å². The number of carbonyl (C=O) groups is 3. The molecule has 5 aromatic rings. The molecule has 0 aliphatic rings. The Morgan fingerprint density at radius 3 is 1.46 bits per heavy atom. The number of hydrogen-bond donors (Lipinski definition) is 3. The first-order valence-corrected chi connectivity index (χ1v) is 19.5. The Hall–Kier alpha value is -5.92. The van der Waals surface area contributed by atoms with Crippen molar-refractivity contribution in [3.05, 3.63) is 112 Å². The number of hydrogen-bond acceptors (Lipinski definition) is 13. The van der Waals surface area contributed by atoms with Crippen molar-refractivity contribution < 1.29 is 33.7 Å². The van der Waals surface area contributed by atoms with Crippen LogP contribution in [0.15, 0.2) is 78.9 Å². The lowest BCUT2D eigenvalue weighted by Gasteiger charge is -2.30. The maximum Gasteiger partial charge on any atom is 0.308 e. The Balaban J connectivity index is 0.000000259. The van der Waals surface area contributed by atoms with Gasteiger partial charge < -0.3 is 30.0 Å². The van der Waals surface area contributed by atoms with E-state index < -0.39 is 0 Å². The molecule has 2 aromatic heterocycles. The van der Waals surface area contributed by atoms with Gasteiger partial charge >= 0.3 is 17.9 Å². The molecule has 0 spiro atoms. The molecular formula is C45H55ClN6O7. The zero-order chi connectivity index (χ0) is 43.9. The van der Waals surface area contributed by atoms with Gasteiger partial charge in [0.1, 0.15) is 17.2 Å². The molecule has 0 unspecified atom stereocenters. The Labute approximate surface area is 351 Å². The number of carbonyl (C=O) groups excluding carboxylic acids is 3. The number of aliphatic hydroxyl groups is 1. The van der Waals surface area contributed by atoms with Crippen LogP contribution in [0.25, 0.3) is 0 Å². The standard InChI is InChI=1S/C21H29N3O3.C16H18ClN3O2.C8H8O2/c1-13(26)27-19-16(20(2,3)4)10-15(11-17(19)21(5,6)7)22-18-9-8-14(12-25)23-24-18;1-4-11-8-13(18-15-7-6-14(17)19-20-15)9-12(5-2)16(11)22-10(3)21;1-7(9)10-8-5-3-2-4-6-8/h8-11,25H,12H2,1-7H3,(H,22,24);6-9H,4-5H2,1-3H3,(H,18,20);2-6H,1H3. The number of nitrogens with one attached hydrogen (secondary N) is 2. The van der Waals surface area contributed by atoms with E-state index in [0.717, 1.165) is 46.5 Å². The number of ether oxygens (including phenoxy) is 3. The monoisotopic (exact) mass is 826 g/mol. The average Bonchev–Trinajstić information content (AvgIpc) is 3.16. The number of halogens is 1. The molecule has 13 nitrogen and oxygen atoms in total. The molecule has 59 heavy (non-hydrogen) atoms. The Morgan fingerprint density at radius 2 is 1.07 bits per heavy atom. The van der Waals surface area contributed by atoms with Crippen LogP contribution in [-0.2, 0) is 44.7 Å². The summed E-state index contributed by atoms with van der Waals surface area (Å²) in [4.78, 5) is 33.4. The third-order valence-electron chi connectivity index (χ3n) is 8.26. The number of benzene rings is 3. The van der Waals surface area contributed by atoms with Crippen LogP contribution in [-0.4, -0.2) is 43.4 Å². The van der Waals surface area contributed by atoms with Crippen LogP contribution in [0, 0.1) is 0 Å². The van der Waals surface area contributed by atoms with Crippen molar-refractivity contribution in [2.45, 2.75) is 106 Å². The number of esters is 3. The van der Waals surface area contributed by atoms with Gasteiger partial charge in [-0.3, -0.25) is 14.4 Å². The average molecular weight is 827 g/mol. The molecule has 0 saturated carbocycles. The van der Waals surface area contributed by atoms with E-state index in [-0.39, 0.29) is 35.3 Å². The summed E-state index contributed by atoms with van der Waals surface area (Å²) in [6.45, 7) is 20.6. The summed E-state index contributed by atoms with van der Waals surface area (Å²) in [7, 11) is 0.